The summed E-state index contributed by atoms with van der Waals surface area (Å²) in [5.41, 5.74) is 5.69. The van der Waals surface area contributed by atoms with Crippen molar-refractivity contribution in [3.63, 3.8) is 0 Å². The number of anilines is 4. The number of H-pyrrole nitrogens is 1. The first kappa shape index (κ1) is 37.8. The molecule has 0 aliphatic rings. The van der Waals surface area contributed by atoms with E-state index in [2.05, 4.69) is 31.2 Å². The Hall–Kier alpha value is -6.46. The largest absolute Gasteiger partial charge is 0.338 e. The average Bonchev–Trinajstić information content (AvgIpc) is 3.64. The van der Waals surface area contributed by atoms with E-state index >= 15 is 0 Å². The number of rotatable bonds is 11. The highest BCUT2D eigenvalue weighted by Crippen LogP contribution is 2.37. The van der Waals surface area contributed by atoms with Gasteiger partial charge in [-0.3, -0.25) is 19.2 Å². The second-order valence-electron chi connectivity index (χ2n) is 12.7. The van der Waals surface area contributed by atoms with Crippen molar-refractivity contribution < 1.29 is 19.2 Å². The van der Waals surface area contributed by atoms with Gasteiger partial charge >= 0.3 is 0 Å². The molecule has 4 amide bonds. The first-order chi connectivity index (χ1) is 27.1. The van der Waals surface area contributed by atoms with Crippen LogP contribution in [0.15, 0.2) is 133 Å². The monoisotopic (exact) mass is 800 g/mol. The minimum Gasteiger partial charge on any atom is -0.338 e. The predicted octanol–water partition coefficient (Wildman–Crippen LogP) is 10.1. The number of amides is 4. The van der Waals surface area contributed by atoms with Crippen LogP contribution in [0.3, 0.4) is 0 Å². The van der Waals surface area contributed by atoms with Gasteiger partial charge in [-0.1, -0.05) is 95.5 Å². The molecule has 0 spiro atoms. The van der Waals surface area contributed by atoms with Crippen LogP contribution in [0.5, 0.6) is 0 Å². The van der Waals surface area contributed by atoms with E-state index in [-0.39, 0.29) is 45.4 Å². The average molecular weight is 802 g/mol. The third-order valence-corrected chi connectivity index (χ3v) is 9.65. The van der Waals surface area contributed by atoms with Crippen molar-refractivity contribution in [1.82, 2.24) is 9.97 Å². The van der Waals surface area contributed by atoms with Crippen LogP contribution in [-0.4, -0.2) is 33.6 Å². The van der Waals surface area contributed by atoms with Crippen LogP contribution in [0, 0.1) is 0 Å². The Labute approximate surface area is 336 Å². The summed E-state index contributed by atoms with van der Waals surface area (Å²) in [5, 5.41) is 11.8. The number of fused-ring (bicyclic) bond motifs is 1. The van der Waals surface area contributed by atoms with E-state index in [4.69, 9.17) is 34.8 Å². The number of aromatic nitrogens is 2. The van der Waals surface area contributed by atoms with E-state index in [1.54, 1.807) is 72.8 Å². The number of carbonyl (C=O) groups is 4. The lowest BCUT2D eigenvalue weighted by atomic mass is 10.1. The highest BCUT2D eigenvalue weighted by molar-refractivity contribution is 6.40. The lowest BCUT2D eigenvalue weighted by Gasteiger charge is -2.12. The predicted molar refractivity (Wildman–Crippen MR) is 223 cm³/mol. The van der Waals surface area contributed by atoms with Crippen LogP contribution in [0.4, 0.5) is 22.7 Å². The molecule has 56 heavy (non-hydrogen) atoms. The van der Waals surface area contributed by atoms with Crippen molar-refractivity contribution in [2.75, 3.05) is 21.3 Å². The number of carbonyl (C=O) groups excluding carboxylic acids is 4. The van der Waals surface area contributed by atoms with Crippen molar-refractivity contribution in [1.29, 1.82) is 0 Å². The van der Waals surface area contributed by atoms with Gasteiger partial charge in [-0.05, 0) is 83.9 Å². The molecule has 0 atom stereocenters. The molecule has 13 heteroatoms. The Balaban J connectivity index is 0.983. The Kier molecular flexibility index (Phi) is 11.4. The van der Waals surface area contributed by atoms with Crippen LogP contribution in [0.1, 0.15) is 31.8 Å². The number of aromatic amines is 1. The molecule has 0 saturated carbocycles. The summed E-state index contributed by atoms with van der Waals surface area (Å²) >= 11 is 20.0. The van der Waals surface area contributed by atoms with Crippen LogP contribution in [-0.2, 0) is 22.4 Å². The van der Waals surface area contributed by atoms with Crippen LogP contribution >= 0.6 is 34.8 Å². The molecule has 278 valence electrons. The minimum atomic E-state index is -0.449. The molecule has 0 saturated heterocycles. The van der Waals surface area contributed by atoms with E-state index in [9.17, 15) is 19.2 Å². The molecule has 0 aliphatic heterocycles. The van der Waals surface area contributed by atoms with Crippen molar-refractivity contribution >= 4 is 92.2 Å². The van der Waals surface area contributed by atoms with Gasteiger partial charge in [-0.2, -0.15) is 0 Å². The summed E-state index contributed by atoms with van der Waals surface area (Å²) in [6.07, 6.45) is 0.465. The lowest BCUT2D eigenvalue weighted by Crippen LogP contribution is -2.15. The first-order valence-corrected chi connectivity index (χ1v) is 18.4. The summed E-state index contributed by atoms with van der Waals surface area (Å²) < 4.78 is 0. The normalized spacial score (nSPS) is 10.8. The zero-order valence-corrected chi connectivity index (χ0v) is 31.6. The van der Waals surface area contributed by atoms with Gasteiger partial charge in [0.1, 0.15) is 11.3 Å². The Bertz CT molecular complexity index is 2560. The van der Waals surface area contributed by atoms with Crippen molar-refractivity contribution in [3.05, 3.63) is 171 Å². The topological polar surface area (TPSA) is 145 Å². The second kappa shape index (κ2) is 16.9. The Morgan fingerprint density at radius 1 is 0.554 bits per heavy atom. The molecule has 10 nitrogen and oxygen atoms in total. The fraction of sp³-hybridized carbons (Fsp3) is 0.0465. The minimum absolute atomic E-state index is 0.166. The zero-order chi connectivity index (χ0) is 39.2. The van der Waals surface area contributed by atoms with E-state index in [0.717, 1.165) is 11.1 Å². The van der Waals surface area contributed by atoms with Crippen molar-refractivity contribution in [3.8, 4) is 11.4 Å². The smallest absolute Gasteiger partial charge is 0.255 e. The van der Waals surface area contributed by atoms with Gasteiger partial charge in [0, 0.05) is 28.1 Å². The van der Waals surface area contributed by atoms with Gasteiger partial charge in [-0.15, -0.1) is 0 Å². The molecule has 7 rings (SSSR count). The molecule has 7 aromatic rings. The maximum Gasteiger partial charge on any atom is 0.255 e. The Morgan fingerprint density at radius 3 is 1.54 bits per heavy atom. The maximum atomic E-state index is 13.1. The van der Waals surface area contributed by atoms with Gasteiger partial charge in [-0.25, -0.2) is 4.98 Å². The van der Waals surface area contributed by atoms with Crippen molar-refractivity contribution in [2.24, 2.45) is 0 Å². The van der Waals surface area contributed by atoms with E-state index in [0.29, 0.717) is 50.6 Å². The molecular weight excluding hydrogens is 771 g/mol. The lowest BCUT2D eigenvalue weighted by molar-refractivity contribution is -0.116. The third-order valence-electron chi connectivity index (χ3n) is 8.67. The Morgan fingerprint density at radius 2 is 1.04 bits per heavy atom. The number of nitrogens with zero attached hydrogens (tertiary/aromatic N) is 1. The molecule has 0 aliphatic carbocycles. The fourth-order valence-electron chi connectivity index (χ4n) is 5.87. The van der Waals surface area contributed by atoms with Gasteiger partial charge in [0.15, 0.2) is 0 Å². The maximum absolute atomic E-state index is 13.1. The number of hydrogen-bond acceptors (Lipinski definition) is 5. The molecule has 0 unspecified atom stereocenters. The molecule has 0 radical (unpaired) electrons. The molecular formula is C43H31Cl3N6O4. The zero-order valence-electron chi connectivity index (χ0n) is 29.3. The SMILES string of the molecule is O=C(Cc1ccccc1)Nc1ccc(C(=O)Nc2ccc3[nH]c(-c4cc(Cl)c(NC(=O)c5ccc(NC(=O)Cc6ccccc6)cc5)c(Cl)c4)nc3c2Cl)cc1. The van der Waals surface area contributed by atoms with Gasteiger partial charge in [0.25, 0.3) is 11.8 Å². The van der Waals surface area contributed by atoms with Crippen LogP contribution < -0.4 is 21.3 Å². The van der Waals surface area contributed by atoms with Gasteiger partial charge in [0.2, 0.25) is 11.8 Å². The van der Waals surface area contributed by atoms with E-state index in [1.165, 1.54) is 0 Å². The molecule has 6 aromatic carbocycles. The summed E-state index contributed by atoms with van der Waals surface area (Å²) in [7, 11) is 0. The fourth-order valence-corrected chi connectivity index (χ4v) is 6.70. The molecule has 1 heterocycles. The first-order valence-electron chi connectivity index (χ1n) is 17.3. The standard InChI is InChI=1S/C43H31Cl3N6O4/c44-32-23-29(24-33(45)39(32)52-43(56)28-13-17-31(18-14-28)48-37(54)22-26-9-5-2-6-10-26)41-49-35-20-19-34(38(46)40(35)51-41)50-42(55)27-11-15-30(16-12-27)47-36(53)21-25-7-3-1-4-8-25/h1-20,23-24H,21-22H2,(H,47,53)(H,48,54)(H,49,51)(H,50,55)(H,52,56). The second-order valence-corrected chi connectivity index (χ2v) is 13.9. The van der Waals surface area contributed by atoms with E-state index in [1.807, 2.05) is 60.7 Å². The third kappa shape index (κ3) is 9.07. The highest BCUT2D eigenvalue weighted by atomic mass is 35.5. The summed E-state index contributed by atoms with van der Waals surface area (Å²) in [4.78, 5) is 59.0. The van der Waals surface area contributed by atoms with Gasteiger partial charge < -0.3 is 26.3 Å². The molecule has 1 aromatic heterocycles. The number of halogens is 3. The van der Waals surface area contributed by atoms with Crippen molar-refractivity contribution in [2.45, 2.75) is 12.8 Å². The summed E-state index contributed by atoms with van der Waals surface area (Å²) in [5.74, 6) is -0.785. The number of benzene rings is 6. The van der Waals surface area contributed by atoms with Crippen LogP contribution in [0.25, 0.3) is 22.4 Å². The quantitative estimate of drug-likeness (QED) is 0.0885. The number of imidazole rings is 1. The number of hydrogen-bond donors (Lipinski definition) is 5. The van der Waals surface area contributed by atoms with Crippen LogP contribution in [0.2, 0.25) is 15.1 Å². The molecule has 0 fully saturated rings. The molecule has 0 bridgehead atoms. The van der Waals surface area contributed by atoms with E-state index < -0.39 is 11.8 Å². The highest BCUT2D eigenvalue weighted by Gasteiger charge is 2.18. The summed E-state index contributed by atoms with van der Waals surface area (Å²) in [6, 6.07) is 38.4. The number of nitrogens with one attached hydrogen (secondary N) is 5. The summed E-state index contributed by atoms with van der Waals surface area (Å²) in [6.45, 7) is 0. The van der Waals surface area contributed by atoms with Gasteiger partial charge in [0.05, 0.1) is 44.8 Å². The molecule has 5 N–H and O–H groups in total.